The number of aryl methyl sites for hydroxylation is 1. The average molecular weight is 444 g/mol. The number of anilines is 1. The predicted octanol–water partition coefficient (Wildman–Crippen LogP) is 3.47. The van der Waals surface area contributed by atoms with Gasteiger partial charge in [-0.2, -0.15) is 0 Å². The lowest BCUT2D eigenvalue weighted by molar-refractivity contribution is -0.125. The zero-order valence-electron chi connectivity index (χ0n) is 18.9. The second-order valence-corrected chi connectivity index (χ2v) is 8.64. The van der Waals surface area contributed by atoms with E-state index < -0.39 is 0 Å². The number of para-hydroxylation sites is 3. The van der Waals surface area contributed by atoms with Crippen molar-refractivity contribution in [3.05, 3.63) is 70.6 Å². The fourth-order valence-corrected chi connectivity index (χ4v) is 4.86. The number of rotatable bonds is 6. The first-order valence-corrected chi connectivity index (χ1v) is 11.7. The number of aromatic nitrogens is 3. The van der Waals surface area contributed by atoms with E-state index in [1.54, 1.807) is 4.57 Å². The Labute approximate surface area is 192 Å². The molecule has 4 aromatic rings. The van der Waals surface area contributed by atoms with Gasteiger partial charge in [-0.3, -0.25) is 9.59 Å². The van der Waals surface area contributed by atoms with E-state index in [9.17, 15) is 9.59 Å². The minimum atomic E-state index is -0.0576. The van der Waals surface area contributed by atoms with Gasteiger partial charge in [0.1, 0.15) is 0 Å². The number of carbonyl (C=O) groups is 1. The molecule has 7 heteroatoms. The number of carbonyl (C=O) groups excluding carboxylic acids is 1. The van der Waals surface area contributed by atoms with Crippen molar-refractivity contribution in [3.8, 4) is 0 Å². The lowest BCUT2D eigenvalue weighted by Gasteiger charge is -2.32. The molecule has 1 aliphatic heterocycles. The summed E-state index contributed by atoms with van der Waals surface area (Å²) in [7, 11) is 0. The third-order valence-electron chi connectivity index (χ3n) is 6.69. The number of benzene rings is 2. The molecule has 170 valence electrons. The molecule has 0 atom stereocenters. The van der Waals surface area contributed by atoms with Gasteiger partial charge in [-0.25, -0.2) is 4.98 Å². The quantitative estimate of drug-likeness (QED) is 0.478. The lowest BCUT2D eigenvalue weighted by atomic mass is 9.96. The molecule has 1 saturated heterocycles. The van der Waals surface area contributed by atoms with Crippen LogP contribution in [0.15, 0.2) is 59.5 Å². The van der Waals surface area contributed by atoms with Gasteiger partial charge < -0.3 is 19.8 Å². The molecular formula is C26H29N5O2. The number of hydrogen-bond acceptors (Lipinski definition) is 4. The highest BCUT2D eigenvalue weighted by atomic mass is 16.2. The SMILES string of the molecule is CCn1c(=O)c(N2CCC(C(=O)NCCc3c[nH]c4ccccc34)CC2)nc2ccccc21. The minimum absolute atomic E-state index is 0.0296. The van der Waals surface area contributed by atoms with Crippen molar-refractivity contribution in [2.24, 2.45) is 5.92 Å². The first kappa shape index (κ1) is 21.2. The standard InChI is InChI=1S/C26H29N5O2/c1-2-31-23-10-6-5-9-22(23)29-24(26(31)33)30-15-12-18(13-16-30)25(32)27-14-11-19-17-28-21-8-4-3-7-20(19)21/h3-10,17-18,28H,2,11-16H2,1H3,(H,27,32). The van der Waals surface area contributed by atoms with Crippen LogP contribution in [0, 0.1) is 5.92 Å². The smallest absolute Gasteiger partial charge is 0.293 e. The summed E-state index contributed by atoms with van der Waals surface area (Å²) in [6.45, 7) is 4.51. The molecule has 0 bridgehead atoms. The normalized spacial score (nSPS) is 14.8. The van der Waals surface area contributed by atoms with Crippen molar-refractivity contribution in [2.75, 3.05) is 24.5 Å². The monoisotopic (exact) mass is 443 g/mol. The van der Waals surface area contributed by atoms with Crippen LogP contribution in [0.5, 0.6) is 0 Å². The van der Waals surface area contributed by atoms with Crippen molar-refractivity contribution in [3.63, 3.8) is 0 Å². The summed E-state index contributed by atoms with van der Waals surface area (Å²) in [5.41, 5.74) is 3.97. The van der Waals surface area contributed by atoms with Crippen molar-refractivity contribution >= 4 is 33.7 Å². The topological polar surface area (TPSA) is 83.0 Å². The van der Waals surface area contributed by atoms with Gasteiger partial charge in [-0.05, 0) is 49.9 Å². The summed E-state index contributed by atoms with van der Waals surface area (Å²) < 4.78 is 1.78. The molecule has 1 amide bonds. The lowest BCUT2D eigenvalue weighted by Crippen LogP contribution is -2.43. The molecule has 0 unspecified atom stereocenters. The first-order valence-electron chi connectivity index (χ1n) is 11.7. The van der Waals surface area contributed by atoms with Gasteiger partial charge in [0, 0.05) is 49.2 Å². The Morgan fingerprint density at radius 1 is 1.12 bits per heavy atom. The summed E-state index contributed by atoms with van der Waals surface area (Å²) in [6.07, 6.45) is 4.26. The molecule has 5 rings (SSSR count). The van der Waals surface area contributed by atoms with E-state index >= 15 is 0 Å². The zero-order chi connectivity index (χ0) is 22.8. The molecule has 33 heavy (non-hydrogen) atoms. The fourth-order valence-electron chi connectivity index (χ4n) is 4.86. The maximum absolute atomic E-state index is 13.1. The summed E-state index contributed by atoms with van der Waals surface area (Å²) in [5, 5.41) is 4.32. The van der Waals surface area contributed by atoms with E-state index in [1.165, 1.54) is 10.9 Å². The largest absolute Gasteiger partial charge is 0.361 e. The Hall–Kier alpha value is -3.61. The molecular weight excluding hydrogens is 414 g/mol. The summed E-state index contributed by atoms with van der Waals surface area (Å²) in [5.74, 6) is 0.568. The molecule has 2 aromatic carbocycles. The number of amides is 1. The van der Waals surface area contributed by atoms with Crippen LogP contribution in [0.1, 0.15) is 25.3 Å². The Kier molecular flexibility index (Phi) is 5.86. The molecule has 2 aromatic heterocycles. The molecule has 1 aliphatic rings. The second-order valence-electron chi connectivity index (χ2n) is 8.64. The van der Waals surface area contributed by atoms with Gasteiger partial charge in [-0.15, -0.1) is 0 Å². The van der Waals surface area contributed by atoms with Crippen molar-refractivity contribution < 1.29 is 4.79 Å². The Bertz CT molecular complexity index is 1350. The molecule has 2 N–H and O–H groups in total. The van der Waals surface area contributed by atoms with Crippen LogP contribution in [0.4, 0.5) is 5.82 Å². The predicted molar refractivity (Wildman–Crippen MR) is 132 cm³/mol. The molecule has 7 nitrogen and oxygen atoms in total. The van der Waals surface area contributed by atoms with Crippen LogP contribution in [-0.4, -0.2) is 40.1 Å². The van der Waals surface area contributed by atoms with Crippen LogP contribution >= 0.6 is 0 Å². The fraction of sp³-hybridized carbons (Fsp3) is 0.346. The van der Waals surface area contributed by atoms with Crippen molar-refractivity contribution in [1.29, 1.82) is 0 Å². The van der Waals surface area contributed by atoms with Crippen LogP contribution in [0.2, 0.25) is 0 Å². The van der Waals surface area contributed by atoms with E-state index in [4.69, 9.17) is 0 Å². The molecule has 0 spiro atoms. The molecule has 3 heterocycles. The summed E-state index contributed by atoms with van der Waals surface area (Å²) >= 11 is 0. The van der Waals surface area contributed by atoms with Crippen LogP contribution in [0.3, 0.4) is 0 Å². The van der Waals surface area contributed by atoms with Crippen LogP contribution < -0.4 is 15.8 Å². The van der Waals surface area contributed by atoms with Gasteiger partial charge in [0.2, 0.25) is 5.91 Å². The number of hydrogen-bond donors (Lipinski definition) is 2. The number of piperidine rings is 1. The summed E-state index contributed by atoms with van der Waals surface area (Å²) in [6, 6.07) is 16.0. The zero-order valence-corrected chi connectivity index (χ0v) is 18.9. The number of nitrogens with zero attached hydrogens (tertiary/aromatic N) is 3. The van der Waals surface area contributed by atoms with Gasteiger partial charge in [0.05, 0.1) is 11.0 Å². The number of H-pyrrole nitrogens is 1. The van der Waals surface area contributed by atoms with E-state index in [0.29, 0.717) is 32.0 Å². The highest BCUT2D eigenvalue weighted by molar-refractivity contribution is 5.83. The van der Waals surface area contributed by atoms with E-state index in [0.717, 1.165) is 35.8 Å². The number of nitrogens with one attached hydrogen (secondary N) is 2. The van der Waals surface area contributed by atoms with Gasteiger partial charge in [-0.1, -0.05) is 30.3 Å². The average Bonchev–Trinajstić information content (AvgIpc) is 3.27. The Morgan fingerprint density at radius 3 is 2.70 bits per heavy atom. The van der Waals surface area contributed by atoms with Crippen LogP contribution in [-0.2, 0) is 17.8 Å². The van der Waals surface area contributed by atoms with E-state index in [-0.39, 0.29) is 17.4 Å². The third kappa shape index (κ3) is 4.11. The maximum atomic E-state index is 13.1. The molecule has 1 fully saturated rings. The highest BCUT2D eigenvalue weighted by Crippen LogP contribution is 2.22. The Morgan fingerprint density at radius 2 is 1.88 bits per heavy atom. The number of fused-ring (bicyclic) bond motifs is 2. The second kappa shape index (κ2) is 9.10. The van der Waals surface area contributed by atoms with Gasteiger partial charge in [0.15, 0.2) is 5.82 Å². The van der Waals surface area contributed by atoms with Crippen molar-refractivity contribution in [2.45, 2.75) is 32.7 Å². The van der Waals surface area contributed by atoms with Gasteiger partial charge in [0.25, 0.3) is 5.56 Å². The molecule has 0 radical (unpaired) electrons. The van der Waals surface area contributed by atoms with Crippen LogP contribution in [0.25, 0.3) is 21.9 Å². The van der Waals surface area contributed by atoms with E-state index in [2.05, 4.69) is 27.4 Å². The molecule has 0 saturated carbocycles. The van der Waals surface area contributed by atoms with E-state index in [1.807, 2.05) is 54.4 Å². The third-order valence-corrected chi connectivity index (χ3v) is 6.69. The summed E-state index contributed by atoms with van der Waals surface area (Å²) in [4.78, 5) is 35.8. The molecule has 0 aliphatic carbocycles. The Balaban J connectivity index is 1.20. The highest BCUT2D eigenvalue weighted by Gasteiger charge is 2.27. The maximum Gasteiger partial charge on any atom is 0.293 e. The van der Waals surface area contributed by atoms with Gasteiger partial charge >= 0.3 is 0 Å². The van der Waals surface area contributed by atoms with Crippen molar-refractivity contribution in [1.82, 2.24) is 19.9 Å². The minimum Gasteiger partial charge on any atom is -0.361 e. The first-order chi connectivity index (χ1) is 16.2. The number of aromatic amines is 1.